The van der Waals surface area contributed by atoms with Gasteiger partial charge in [-0.3, -0.25) is 4.79 Å². The summed E-state index contributed by atoms with van der Waals surface area (Å²) in [6, 6.07) is 20.8. The third-order valence-electron chi connectivity index (χ3n) is 3.92. The van der Waals surface area contributed by atoms with Crippen molar-refractivity contribution in [2.75, 3.05) is 5.32 Å². The first-order valence-electron chi connectivity index (χ1n) is 8.22. The van der Waals surface area contributed by atoms with Gasteiger partial charge in [-0.25, -0.2) is 0 Å². The Morgan fingerprint density at radius 1 is 0.962 bits per heavy atom. The number of nitrogens with one attached hydrogen (secondary N) is 1. The van der Waals surface area contributed by atoms with Crippen LogP contribution in [0.3, 0.4) is 0 Å². The number of hydrogen-bond donors (Lipinski definition) is 1. The predicted octanol–water partition coefficient (Wildman–Crippen LogP) is 5.11. The zero-order valence-electron chi connectivity index (χ0n) is 14.6. The SMILES string of the molecule is Cc1ccc(NC(=O)/C(C#N)=C/c2ccc(-c3ccc(C)cc3)o2)cc1. The Hall–Kier alpha value is -3.58. The average molecular weight is 342 g/mol. The van der Waals surface area contributed by atoms with Crippen LogP contribution in [0.1, 0.15) is 16.9 Å². The summed E-state index contributed by atoms with van der Waals surface area (Å²) in [4.78, 5) is 12.3. The Kier molecular flexibility index (Phi) is 5.00. The molecule has 3 rings (SSSR count). The van der Waals surface area contributed by atoms with Crippen LogP contribution in [0.15, 0.2) is 70.7 Å². The van der Waals surface area contributed by atoms with Gasteiger partial charge in [-0.2, -0.15) is 5.26 Å². The fourth-order valence-corrected chi connectivity index (χ4v) is 2.43. The van der Waals surface area contributed by atoms with E-state index >= 15 is 0 Å². The molecule has 3 aromatic rings. The van der Waals surface area contributed by atoms with Crippen LogP contribution in [-0.4, -0.2) is 5.91 Å². The monoisotopic (exact) mass is 342 g/mol. The van der Waals surface area contributed by atoms with Gasteiger partial charge in [0.1, 0.15) is 23.2 Å². The number of rotatable bonds is 4. The summed E-state index contributed by atoms with van der Waals surface area (Å²) >= 11 is 0. The molecular weight excluding hydrogens is 324 g/mol. The number of carbonyl (C=O) groups excluding carboxylic acids is 1. The fourth-order valence-electron chi connectivity index (χ4n) is 2.43. The van der Waals surface area contributed by atoms with Gasteiger partial charge in [0.15, 0.2) is 0 Å². The van der Waals surface area contributed by atoms with Gasteiger partial charge in [0, 0.05) is 17.3 Å². The Morgan fingerprint density at radius 3 is 2.19 bits per heavy atom. The van der Waals surface area contributed by atoms with E-state index in [4.69, 9.17) is 4.42 Å². The second-order valence-corrected chi connectivity index (χ2v) is 6.06. The van der Waals surface area contributed by atoms with Crippen molar-refractivity contribution in [3.05, 3.63) is 83.1 Å². The van der Waals surface area contributed by atoms with Crippen LogP contribution in [0.2, 0.25) is 0 Å². The quantitative estimate of drug-likeness (QED) is 0.529. The van der Waals surface area contributed by atoms with Crippen molar-refractivity contribution in [3.63, 3.8) is 0 Å². The molecule has 0 bridgehead atoms. The molecule has 0 saturated heterocycles. The van der Waals surface area contributed by atoms with Gasteiger partial charge in [-0.05, 0) is 38.1 Å². The van der Waals surface area contributed by atoms with E-state index in [1.54, 1.807) is 18.2 Å². The number of nitrogens with zero attached hydrogens (tertiary/aromatic N) is 1. The summed E-state index contributed by atoms with van der Waals surface area (Å²) < 4.78 is 5.75. The van der Waals surface area contributed by atoms with E-state index in [-0.39, 0.29) is 5.57 Å². The number of carbonyl (C=O) groups is 1. The number of anilines is 1. The van der Waals surface area contributed by atoms with Crippen LogP contribution >= 0.6 is 0 Å². The van der Waals surface area contributed by atoms with Crippen LogP contribution in [0.4, 0.5) is 5.69 Å². The van der Waals surface area contributed by atoms with E-state index in [0.29, 0.717) is 17.2 Å². The van der Waals surface area contributed by atoms with E-state index in [9.17, 15) is 10.1 Å². The van der Waals surface area contributed by atoms with E-state index in [1.165, 1.54) is 11.6 Å². The molecule has 0 fully saturated rings. The van der Waals surface area contributed by atoms with Crippen molar-refractivity contribution in [1.82, 2.24) is 0 Å². The number of aryl methyl sites for hydroxylation is 2. The molecule has 0 saturated carbocycles. The standard InChI is InChI=1S/C22H18N2O2/c1-15-3-7-17(8-4-15)21-12-11-20(26-21)13-18(14-23)22(25)24-19-9-5-16(2)6-10-19/h3-13H,1-2H3,(H,24,25)/b18-13+. The van der Waals surface area contributed by atoms with E-state index in [1.807, 2.05) is 62.4 Å². The molecule has 0 atom stereocenters. The second-order valence-electron chi connectivity index (χ2n) is 6.06. The van der Waals surface area contributed by atoms with Crippen molar-refractivity contribution in [2.24, 2.45) is 0 Å². The van der Waals surface area contributed by atoms with Crippen LogP contribution in [0.5, 0.6) is 0 Å². The maximum absolute atomic E-state index is 12.3. The molecule has 0 aliphatic carbocycles. The second kappa shape index (κ2) is 7.54. The molecule has 0 unspecified atom stereocenters. The van der Waals surface area contributed by atoms with Crippen LogP contribution in [0.25, 0.3) is 17.4 Å². The van der Waals surface area contributed by atoms with Gasteiger partial charge in [-0.15, -0.1) is 0 Å². The fraction of sp³-hybridized carbons (Fsp3) is 0.0909. The molecule has 0 radical (unpaired) electrons. The Morgan fingerprint density at radius 2 is 1.58 bits per heavy atom. The Bertz CT molecular complexity index is 988. The molecule has 0 spiro atoms. The lowest BCUT2D eigenvalue weighted by Crippen LogP contribution is -2.13. The highest BCUT2D eigenvalue weighted by atomic mass is 16.3. The molecule has 26 heavy (non-hydrogen) atoms. The topological polar surface area (TPSA) is 66.0 Å². The van der Waals surface area contributed by atoms with Gasteiger partial charge >= 0.3 is 0 Å². The van der Waals surface area contributed by atoms with E-state index < -0.39 is 5.91 Å². The summed E-state index contributed by atoms with van der Waals surface area (Å²) in [5, 5.41) is 12.0. The summed E-state index contributed by atoms with van der Waals surface area (Å²) in [5.74, 6) is 0.674. The predicted molar refractivity (Wildman–Crippen MR) is 102 cm³/mol. The zero-order valence-corrected chi connectivity index (χ0v) is 14.6. The Balaban J connectivity index is 1.78. The lowest BCUT2D eigenvalue weighted by molar-refractivity contribution is -0.112. The van der Waals surface area contributed by atoms with Gasteiger partial charge in [0.25, 0.3) is 5.91 Å². The van der Waals surface area contributed by atoms with Crippen LogP contribution in [-0.2, 0) is 4.79 Å². The van der Waals surface area contributed by atoms with Gasteiger partial charge in [0.05, 0.1) is 0 Å². The normalized spacial score (nSPS) is 11.0. The van der Waals surface area contributed by atoms with Crippen molar-refractivity contribution in [3.8, 4) is 17.4 Å². The smallest absolute Gasteiger partial charge is 0.266 e. The highest BCUT2D eigenvalue weighted by Gasteiger charge is 2.11. The first-order valence-corrected chi connectivity index (χ1v) is 8.22. The Labute approximate surface area is 152 Å². The molecule has 1 amide bonds. The summed E-state index contributed by atoms with van der Waals surface area (Å²) in [6.45, 7) is 3.99. The minimum atomic E-state index is -0.468. The maximum Gasteiger partial charge on any atom is 0.266 e. The van der Waals surface area contributed by atoms with E-state index in [0.717, 1.165) is 11.1 Å². The lowest BCUT2D eigenvalue weighted by atomic mass is 10.1. The minimum Gasteiger partial charge on any atom is -0.457 e. The molecule has 0 aliphatic rings. The summed E-state index contributed by atoms with van der Waals surface area (Å²) in [5.41, 5.74) is 3.83. The highest BCUT2D eigenvalue weighted by Crippen LogP contribution is 2.24. The molecule has 0 aliphatic heterocycles. The molecule has 4 nitrogen and oxygen atoms in total. The van der Waals surface area contributed by atoms with Crippen LogP contribution < -0.4 is 5.32 Å². The summed E-state index contributed by atoms with van der Waals surface area (Å²) in [6.07, 6.45) is 1.45. The molecule has 1 aromatic heterocycles. The molecule has 4 heteroatoms. The largest absolute Gasteiger partial charge is 0.457 e. The van der Waals surface area contributed by atoms with Crippen molar-refractivity contribution in [2.45, 2.75) is 13.8 Å². The number of hydrogen-bond acceptors (Lipinski definition) is 3. The first kappa shape index (κ1) is 17.2. The molecule has 128 valence electrons. The number of benzene rings is 2. The van der Waals surface area contributed by atoms with E-state index in [2.05, 4.69) is 5.32 Å². The number of nitriles is 1. The van der Waals surface area contributed by atoms with Crippen LogP contribution in [0, 0.1) is 25.2 Å². The molecule has 1 heterocycles. The van der Waals surface area contributed by atoms with Gasteiger partial charge < -0.3 is 9.73 Å². The zero-order chi connectivity index (χ0) is 18.5. The third kappa shape index (κ3) is 4.08. The first-order chi connectivity index (χ1) is 12.5. The van der Waals surface area contributed by atoms with Gasteiger partial charge in [0.2, 0.25) is 0 Å². The number of furan rings is 1. The van der Waals surface area contributed by atoms with Crippen molar-refractivity contribution >= 4 is 17.7 Å². The molecule has 2 aromatic carbocycles. The third-order valence-corrected chi connectivity index (χ3v) is 3.92. The molecule has 1 N–H and O–H groups in total. The summed E-state index contributed by atoms with van der Waals surface area (Å²) in [7, 11) is 0. The maximum atomic E-state index is 12.3. The van der Waals surface area contributed by atoms with Crippen molar-refractivity contribution < 1.29 is 9.21 Å². The lowest BCUT2D eigenvalue weighted by Gasteiger charge is -2.04. The highest BCUT2D eigenvalue weighted by molar-refractivity contribution is 6.09. The van der Waals surface area contributed by atoms with Crippen molar-refractivity contribution in [1.29, 1.82) is 5.26 Å². The minimum absolute atomic E-state index is 0.0182. The molecular formula is C22H18N2O2. The number of amides is 1. The van der Waals surface area contributed by atoms with Gasteiger partial charge in [-0.1, -0.05) is 47.5 Å². The average Bonchev–Trinajstić information content (AvgIpc) is 3.11.